The molecule has 0 aliphatic rings. The maximum atomic E-state index is 11.6. The number of hydrogen-bond acceptors (Lipinski definition) is 6. The van der Waals surface area contributed by atoms with Crippen LogP contribution >= 0.6 is 0 Å². The van der Waals surface area contributed by atoms with Gasteiger partial charge in [-0.3, -0.25) is 14.9 Å². The molecule has 0 saturated heterocycles. The molecule has 0 aliphatic heterocycles. The third kappa shape index (κ3) is 6.09. The fraction of sp³-hybridized carbons (Fsp3) is 0.312. The largest absolute Gasteiger partial charge is 0.484 e. The van der Waals surface area contributed by atoms with Crippen LogP contribution in [0.2, 0.25) is 0 Å². The standard InChI is InChI=1S/C16H18N2O6/c19-16(12-24-14-6-4-13(5-7-14)18(20)21)17-8-2-9-22-11-15-3-1-10-23-15/h1,3-7,10H,2,8-9,11-12H2,(H,17,19). The van der Waals surface area contributed by atoms with Crippen LogP contribution in [-0.4, -0.2) is 30.6 Å². The van der Waals surface area contributed by atoms with Crippen LogP contribution in [-0.2, 0) is 16.1 Å². The highest BCUT2D eigenvalue weighted by Gasteiger charge is 2.06. The fourth-order valence-corrected chi connectivity index (χ4v) is 1.83. The molecule has 1 amide bonds. The van der Waals surface area contributed by atoms with Crippen LogP contribution in [0.4, 0.5) is 5.69 Å². The second kappa shape index (κ2) is 9.31. The number of furan rings is 1. The van der Waals surface area contributed by atoms with Gasteiger partial charge in [0, 0.05) is 25.3 Å². The third-order valence-electron chi connectivity index (χ3n) is 3.03. The number of nitrogens with one attached hydrogen (secondary N) is 1. The van der Waals surface area contributed by atoms with Crippen LogP contribution in [0.1, 0.15) is 12.2 Å². The second-order valence-electron chi connectivity index (χ2n) is 4.88. The molecule has 8 nitrogen and oxygen atoms in total. The van der Waals surface area contributed by atoms with Crippen molar-refractivity contribution in [3.8, 4) is 5.75 Å². The van der Waals surface area contributed by atoms with Gasteiger partial charge in [-0.25, -0.2) is 0 Å². The SMILES string of the molecule is O=C(COc1ccc([N+](=O)[O-])cc1)NCCCOCc1ccco1. The van der Waals surface area contributed by atoms with E-state index in [1.807, 2.05) is 6.07 Å². The average molecular weight is 334 g/mol. The van der Waals surface area contributed by atoms with Crippen LogP contribution in [0.15, 0.2) is 47.1 Å². The zero-order chi connectivity index (χ0) is 17.2. The van der Waals surface area contributed by atoms with Gasteiger partial charge in [0.25, 0.3) is 11.6 Å². The first-order chi connectivity index (χ1) is 11.6. The van der Waals surface area contributed by atoms with Crippen molar-refractivity contribution < 1.29 is 23.6 Å². The smallest absolute Gasteiger partial charge is 0.269 e. The van der Waals surface area contributed by atoms with Gasteiger partial charge in [0.15, 0.2) is 6.61 Å². The van der Waals surface area contributed by atoms with Crippen molar-refractivity contribution in [2.24, 2.45) is 0 Å². The molecule has 2 aromatic rings. The van der Waals surface area contributed by atoms with E-state index in [1.165, 1.54) is 24.3 Å². The summed E-state index contributed by atoms with van der Waals surface area (Å²) in [7, 11) is 0. The number of ether oxygens (including phenoxy) is 2. The summed E-state index contributed by atoms with van der Waals surface area (Å²) in [4.78, 5) is 21.6. The Hall–Kier alpha value is -2.87. The van der Waals surface area contributed by atoms with Crippen molar-refractivity contribution in [1.29, 1.82) is 0 Å². The van der Waals surface area contributed by atoms with E-state index >= 15 is 0 Å². The van der Waals surface area contributed by atoms with Crippen LogP contribution in [0, 0.1) is 10.1 Å². The number of carbonyl (C=O) groups excluding carboxylic acids is 1. The number of nitro groups is 1. The minimum absolute atomic E-state index is 0.0265. The zero-order valence-electron chi connectivity index (χ0n) is 13.0. The Labute approximate surface area is 138 Å². The van der Waals surface area contributed by atoms with Gasteiger partial charge in [-0.2, -0.15) is 0 Å². The minimum atomic E-state index is -0.496. The summed E-state index contributed by atoms with van der Waals surface area (Å²) in [5.41, 5.74) is -0.0265. The molecular weight excluding hydrogens is 316 g/mol. The first kappa shape index (κ1) is 17.5. The summed E-state index contributed by atoms with van der Waals surface area (Å²) >= 11 is 0. The van der Waals surface area contributed by atoms with Crippen molar-refractivity contribution in [3.05, 3.63) is 58.5 Å². The van der Waals surface area contributed by atoms with E-state index < -0.39 is 4.92 Å². The number of amides is 1. The third-order valence-corrected chi connectivity index (χ3v) is 3.03. The molecule has 1 aromatic carbocycles. The van der Waals surface area contributed by atoms with E-state index in [0.717, 1.165) is 5.76 Å². The van der Waals surface area contributed by atoms with Crippen molar-refractivity contribution in [1.82, 2.24) is 5.32 Å². The summed E-state index contributed by atoms with van der Waals surface area (Å²) in [5, 5.41) is 13.2. The van der Waals surface area contributed by atoms with Gasteiger partial charge in [0.1, 0.15) is 18.1 Å². The van der Waals surface area contributed by atoms with Gasteiger partial charge in [-0.15, -0.1) is 0 Å². The Morgan fingerprint density at radius 3 is 2.71 bits per heavy atom. The van der Waals surface area contributed by atoms with Gasteiger partial charge in [0.05, 0.1) is 11.2 Å². The summed E-state index contributed by atoms with van der Waals surface area (Å²) in [6.45, 7) is 1.24. The monoisotopic (exact) mass is 334 g/mol. The first-order valence-corrected chi connectivity index (χ1v) is 7.39. The van der Waals surface area contributed by atoms with E-state index in [0.29, 0.717) is 31.9 Å². The molecular formula is C16H18N2O6. The van der Waals surface area contributed by atoms with Crippen LogP contribution in [0.25, 0.3) is 0 Å². The molecule has 0 aliphatic carbocycles. The number of rotatable bonds is 10. The zero-order valence-corrected chi connectivity index (χ0v) is 13.0. The molecule has 0 saturated carbocycles. The van der Waals surface area contributed by atoms with Crippen molar-refractivity contribution in [3.63, 3.8) is 0 Å². The van der Waals surface area contributed by atoms with E-state index in [1.54, 1.807) is 12.3 Å². The lowest BCUT2D eigenvalue weighted by molar-refractivity contribution is -0.384. The molecule has 1 N–H and O–H groups in total. The molecule has 128 valence electrons. The predicted molar refractivity (Wildman–Crippen MR) is 84.6 cm³/mol. The van der Waals surface area contributed by atoms with E-state index in [9.17, 15) is 14.9 Å². The van der Waals surface area contributed by atoms with Crippen molar-refractivity contribution in [2.45, 2.75) is 13.0 Å². The summed E-state index contributed by atoms with van der Waals surface area (Å²) in [6.07, 6.45) is 2.26. The number of nitro benzene ring substituents is 1. The lowest BCUT2D eigenvalue weighted by Gasteiger charge is -2.07. The highest BCUT2D eigenvalue weighted by atomic mass is 16.6. The minimum Gasteiger partial charge on any atom is -0.484 e. The van der Waals surface area contributed by atoms with Crippen LogP contribution < -0.4 is 10.1 Å². The number of benzene rings is 1. The molecule has 0 atom stereocenters. The highest BCUT2D eigenvalue weighted by Crippen LogP contribution is 2.16. The number of nitrogens with zero attached hydrogens (tertiary/aromatic N) is 1. The molecule has 24 heavy (non-hydrogen) atoms. The Morgan fingerprint density at radius 1 is 1.25 bits per heavy atom. The molecule has 0 spiro atoms. The van der Waals surface area contributed by atoms with Gasteiger partial charge in [-0.1, -0.05) is 0 Å². The Kier molecular flexibility index (Phi) is 6.78. The summed E-state index contributed by atoms with van der Waals surface area (Å²) in [5.74, 6) is 0.896. The molecule has 0 fully saturated rings. The highest BCUT2D eigenvalue weighted by molar-refractivity contribution is 5.77. The summed E-state index contributed by atoms with van der Waals surface area (Å²) in [6, 6.07) is 9.18. The molecule has 8 heteroatoms. The Bertz CT molecular complexity index is 639. The molecule has 0 bridgehead atoms. The maximum Gasteiger partial charge on any atom is 0.269 e. The maximum absolute atomic E-state index is 11.6. The lowest BCUT2D eigenvalue weighted by Crippen LogP contribution is -2.30. The first-order valence-electron chi connectivity index (χ1n) is 7.39. The van der Waals surface area contributed by atoms with E-state index in [4.69, 9.17) is 13.9 Å². The van der Waals surface area contributed by atoms with Gasteiger partial charge >= 0.3 is 0 Å². The normalized spacial score (nSPS) is 10.3. The number of non-ortho nitro benzene ring substituents is 1. The molecule has 2 rings (SSSR count). The number of hydrogen-bond donors (Lipinski definition) is 1. The fourth-order valence-electron chi connectivity index (χ4n) is 1.83. The van der Waals surface area contributed by atoms with E-state index in [-0.39, 0.29) is 18.2 Å². The Morgan fingerprint density at radius 2 is 2.04 bits per heavy atom. The van der Waals surface area contributed by atoms with Gasteiger partial charge < -0.3 is 19.2 Å². The van der Waals surface area contributed by atoms with Crippen LogP contribution in [0.3, 0.4) is 0 Å². The molecule has 1 heterocycles. The summed E-state index contributed by atoms with van der Waals surface area (Å²) < 4.78 is 15.8. The number of carbonyl (C=O) groups is 1. The second-order valence-corrected chi connectivity index (χ2v) is 4.88. The quantitative estimate of drug-likeness (QED) is 0.406. The van der Waals surface area contributed by atoms with Crippen LogP contribution in [0.5, 0.6) is 5.75 Å². The van der Waals surface area contributed by atoms with E-state index in [2.05, 4.69) is 5.32 Å². The van der Waals surface area contributed by atoms with Gasteiger partial charge in [0.2, 0.25) is 0 Å². The molecule has 0 unspecified atom stereocenters. The lowest BCUT2D eigenvalue weighted by atomic mass is 10.3. The van der Waals surface area contributed by atoms with Crippen molar-refractivity contribution >= 4 is 11.6 Å². The van der Waals surface area contributed by atoms with Crippen molar-refractivity contribution in [2.75, 3.05) is 19.8 Å². The topological polar surface area (TPSA) is 104 Å². The predicted octanol–water partition coefficient (Wildman–Crippen LogP) is 2.29. The Balaban J connectivity index is 1.54. The van der Waals surface area contributed by atoms with Gasteiger partial charge in [-0.05, 0) is 30.7 Å². The average Bonchev–Trinajstić information content (AvgIpc) is 3.10. The molecule has 1 aromatic heterocycles. The molecule has 0 radical (unpaired) electrons.